The van der Waals surface area contributed by atoms with Crippen LogP contribution in [0.5, 0.6) is 0 Å². The number of ketones is 1. The summed E-state index contributed by atoms with van der Waals surface area (Å²) in [6, 6.07) is 6.95. The van der Waals surface area contributed by atoms with E-state index in [0.29, 0.717) is 0 Å². The largest absolute Gasteiger partial charge is 0.392 e. The van der Waals surface area contributed by atoms with Gasteiger partial charge in [0.2, 0.25) is 18.1 Å². The van der Waals surface area contributed by atoms with E-state index in [4.69, 9.17) is 0 Å². The normalized spacial score (nSPS) is 16.5. The van der Waals surface area contributed by atoms with Crippen LogP contribution in [0.2, 0.25) is 0 Å². The number of hydrogen-bond donors (Lipinski definition) is 3. The molecular formula is C30H49N4O5. The molecule has 0 aliphatic rings. The second-order valence-electron chi connectivity index (χ2n) is 11.5. The van der Waals surface area contributed by atoms with Gasteiger partial charge in [-0.15, -0.1) is 0 Å². The number of amides is 2. The molecular weight excluding hydrogens is 496 g/mol. The number of benzene rings is 1. The fourth-order valence-electron chi connectivity index (χ4n) is 5.31. The molecule has 0 aliphatic carbocycles. The van der Waals surface area contributed by atoms with Crippen LogP contribution in [0.15, 0.2) is 30.3 Å². The van der Waals surface area contributed by atoms with Gasteiger partial charge >= 0.3 is 0 Å². The number of β-amino-alcohol motifs (C(OH)–C–C–N with tert-alkyl or cyclic N) is 1. The van der Waals surface area contributed by atoms with Crippen LogP contribution in [0, 0.1) is 17.8 Å². The summed E-state index contributed by atoms with van der Waals surface area (Å²) < 4.78 is 0. The van der Waals surface area contributed by atoms with Crippen molar-refractivity contribution < 1.29 is 24.3 Å². The highest BCUT2D eigenvalue weighted by Crippen LogP contribution is 2.29. The molecule has 1 aromatic rings. The zero-order valence-electron chi connectivity index (χ0n) is 25.3. The molecule has 2 amide bonds. The average Bonchev–Trinajstić information content (AvgIpc) is 2.83. The summed E-state index contributed by atoms with van der Waals surface area (Å²) >= 11 is 0. The number of aliphatic hydroxyl groups is 1. The van der Waals surface area contributed by atoms with Crippen LogP contribution >= 0.6 is 0 Å². The van der Waals surface area contributed by atoms with Crippen LogP contribution in [-0.4, -0.2) is 96.2 Å². The SMILES string of the molecule is CN[C@H](C(=O)N[C@H](Cc1ccccc1)C(=O)N(C)[C@H](C(=O)[C@@]([C]=O)(C(C)C)N(C)CC(C)O)C(C)C)C(C)C. The first-order valence-corrected chi connectivity index (χ1v) is 13.8. The minimum Gasteiger partial charge on any atom is -0.392 e. The summed E-state index contributed by atoms with van der Waals surface area (Å²) in [5.74, 6) is -2.03. The van der Waals surface area contributed by atoms with Crippen molar-refractivity contribution in [2.24, 2.45) is 17.8 Å². The lowest BCUT2D eigenvalue weighted by Gasteiger charge is -2.44. The van der Waals surface area contributed by atoms with Gasteiger partial charge in [-0.3, -0.25) is 24.1 Å². The maximum Gasteiger partial charge on any atom is 0.245 e. The highest BCUT2D eigenvalue weighted by molar-refractivity contribution is 6.07. The molecule has 5 atom stereocenters. The molecule has 0 spiro atoms. The fourth-order valence-corrected chi connectivity index (χ4v) is 5.31. The Morgan fingerprint density at radius 1 is 0.974 bits per heavy atom. The summed E-state index contributed by atoms with van der Waals surface area (Å²) in [5.41, 5.74) is -0.815. The van der Waals surface area contributed by atoms with Crippen molar-refractivity contribution >= 4 is 23.9 Å². The lowest BCUT2D eigenvalue weighted by molar-refractivity contribution is -0.147. The lowest BCUT2D eigenvalue weighted by atomic mass is 9.76. The fraction of sp³-hybridized carbons (Fsp3) is 0.667. The number of hydrogen-bond acceptors (Lipinski definition) is 7. The summed E-state index contributed by atoms with van der Waals surface area (Å²) in [7, 11) is 4.84. The van der Waals surface area contributed by atoms with Gasteiger partial charge in [-0.25, -0.2) is 0 Å². The van der Waals surface area contributed by atoms with Gasteiger partial charge in [0.05, 0.1) is 18.2 Å². The van der Waals surface area contributed by atoms with Crippen molar-refractivity contribution in [1.29, 1.82) is 0 Å². The molecule has 0 saturated heterocycles. The number of carbonyl (C=O) groups excluding carboxylic acids is 4. The summed E-state index contributed by atoms with van der Waals surface area (Å²) in [5, 5.41) is 15.9. The Morgan fingerprint density at radius 2 is 1.54 bits per heavy atom. The molecule has 0 aliphatic heterocycles. The second-order valence-corrected chi connectivity index (χ2v) is 11.5. The number of Topliss-reactive ketones (excluding diaryl/α,β-unsaturated/α-hetero) is 1. The lowest BCUT2D eigenvalue weighted by Crippen LogP contribution is -2.66. The van der Waals surface area contributed by atoms with Crippen LogP contribution in [0.3, 0.4) is 0 Å². The smallest absolute Gasteiger partial charge is 0.245 e. The van der Waals surface area contributed by atoms with Gasteiger partial charge in [-0.2, -0.15) is 0 Å². The Bertz CT molecular complexity index is 950. The number of likely N-dealkylation sites (N-methyl/N-ethyl adjacent to an activating group) is 3. The van der Waals surface area contributed by atoms with E-state index in [-0.39, 0.29) is 30.7 Å². The molecule has 1 rings (SSSR count). The van der Waals surface area contributed by atoms with Crippen LogP contribution in [0.25, 0.3) is 0 Å². The maximum atomic E-state index is 14.2. The molecule has 219 valence electrons. The Balaban J connectivity index is 3.51. The van der Waals surface area contributed by atoms with Crippen molar-refractivity contribution in [1.82, 2.24) is 20.4 Å². The van der Waals surface area contributed by atoms with E-state index in [9.17, 15) is 24.3 Å². The molecule has 9 nitrogen and oxygen atoms in total. The first-order valence-electron chi connectivity index (χ1n) is 13.8. The first-order chi connectivity index (χ1) is 18.1. The third kappa shape index (κ3) is 8.43. The predicted molar refractivity (Wildman–Crippen MR) is 154 cm³/mol. The standard InChI is InChI=1S/C30H49N4O5/c1-19(2)25(31-8)28(38)32-24(16-23-14-12-11-13-15-23)29(39)34(10)26(20(3)4)27(37)30(18-35,21(5)6)33(9)17-22(7)36/h11-15,19-22,24-26,31,36H,16-17H2,1-10H3,(H,32,38)/t22?,24-,25+,26+,30-/m1/s1. The van der Waals surface area contributed by atoms with Crippen molar-refractivity contribution in [3.05, 3.63) is 35.9 Å². The topological polar surface area (TPSA) is 119 Å². The zero-order valence-corrected chi connectivity index (χ0v) is 25.3. The van der Waals surface area contributed by atoms with Gasteiger partial charge in [0.1, 0.15) is 6.04 Å². The van der Waals surface area contributed by atoms with Crippen molar-refractivity contribution in [3.8, 4) is 0 Å². The van der Waals surface area contributed by atoms with E-state index < -0.39 is 47.4 Å². The van der Waals surface area contributed by atoms with E-state index in [2.05, 4.69) is 10.6 Å². The number of aliphatic hydroxyl groups excluding tert-OH is 1. The predicted octanol–water partition coefficient (Wildman–Crippen LogP) is 1.83. The maximum absolute atomic E-state index is 14.2. The van der Waals surface area contributed by atoms with Crippen LogP contribution in [0.1, 0.15) is 54.0 Å². The Labute approximate surface area is 234 Å². The monoisotopic (exact) mass is 545 g/mol. The Hall–Kier alpha value is -2.62. The average molecular weight is 546 g/mol. The van der Waals surface area contributed by atoms with E-state index in [1.807, 2.05) is 64.3 Å². The minimum atomic E-state index is -1.67. The van der Waals surface area contributed by atoms with Crippen LogP contribution < -0.4 is 10.6 Å². The Kier molecular flexibility index (Phi) is 13.4. The van der Waals surface area contributed by atoms with Crippen molar-refractivity contribution in [2.75, 3.05) is 27.7 Å². The van der Waals surface area contributed by atoms with Gasteiger partial charge in [-0.1, -0.05) is 71.9 Å². The van der Waals surface area contributed by atoms with E-state index >= 15 is 0 Å². The number of nitrogens with one attached hydrogen (secondary N) is 2. The van der Waals surface area contributed by atoms with E-state index in [0.717, 1.165) is 5.56 Å². The molecule has 3 N–H and O–H groups in total. The summed E-state index contributed by atoms with van der Waals surface area (Å²) in [4.78, 5) is 56.8. The first kappa shape index (κ1) is 34.4. The highest BCUT2D eigenvalue weighted by Gasteiger charge is 2.51. The van der Waals surface area contributed by atoms with Gasteiger partial charge in [0, 0.05) is 20.0 Å². The number of rotatable bonds is 16. The molecule has 1 unspecified atom stereocenters. The Morgan fingerprint density at radius 3 is 1.95 bits per heavy atom. The molecule has 39 heavy (non-hydrogen) atoms. The molecule has 0 heterocycles. The third-order valence-electron chi connectivity index (χ3n) is 7.33. The minimum absolute atomic E-state index is 0.00978. The number of carbonyl (C=O) groups is 3. The van der Waals surface area contributed by atoms with Crippen molar-refractivity contribution in [2.45, 2.75) is 84.7 Å². The summed E-state index contributed by atoms with van der Waals surface area (Å²) in [6.07, 6.45) is 1.44. The summed E-state index contributed by atoms with van der Waals surface area (Å²) in [6.45, 7) is 12.6. The van der Waals surface area contributed by atoms with Crippen LogP contribution in [-0.2, 0) is 25.6 Å². The second kappa shape index (κ2) is 15.2. The van der Waals surface area contributed by atoms with Gasteiger partial charge < -0.3 is 20.6 Å². The quantitative estimate of drug-likeness (QED) is 0.271. The molecule has 0 fully saturated rings. The van der Waals surface area contributed by atoms with Gasteiger partial charge in [-0.05, 0) is 44.3 Å². The van der Waals surface area contributed by atoms with Crippen LogP contribution in [0.4, 0.5) is 0 Å². The molecule has 1 aromatic carbocycles. The molecule has 0 bridgehead atoms. The highest BCUT2D eigenvalue weighted by atomic mass is 16.3. The van der Waals surface area contributed by atoms with Gasteiger partial charge in [0.15, 0.2) is 11.3 Å². The molecule has 0 saturated carbocycles. The zero-order chi connectivity index (χ0) is 30.1. The third-order valence-corrected chi connectivity index (χ3v) is 7.33. The van der Waals surface area contributed by atoms with Gasteiger partial charge in [0.25, 0.3) is 0 Å². The molecule has 9 heteroatoms. The molecule has 1 radical (unpaired) electrons. The molecule has 0 aromatic heterocycles. The van der Waals surface area contributed by atoms with E-state index in [1.54, 1.807) is 34.9 Å². The van der Waals surface area contributed by atoms with E-state index in [1.165, 1.54) is 16.8 Å². The van der Waals surface area contributed by atoms with Crippen molar-refractivity contribution in [3.63, 3.8) is 0 Å². The number of nitrogens with zero attached hydrogens (tertiary/aromatic N) is 2.